The normalized spacial score (nSPS) is 8.75. The van der Waals surface area contributed by atoms with Gasteiger partial charge in [-0.15, -0.1) is 0 Å². The van der Waals surface area contributed by atoms with Gasteiger partial charge in [-0.2, -0.15) is 0 Å². The van der Waals surface area contributed by atoms with E-state index < -0.39 is 0 Å². The summed E-state index contributed by atoms with van der Waals surface area (Å²) < 4.78 is 0. The Labute approximate surface area is 47.6 Å². The van der Waals surface area contributed by atoms with Gasteiger partial charge in [0.1, 0.15) is 0 Å². The fraction of sp³-hybridized carbons (Fsp3) is 0.750. The first-order valence-electron chi connectivity index (χ1n) is 2.53. The van der Waals surface area contributed by atoms with E-state index in [-0.39, 0.29) is 5.91 Å². The minimum absolute atomic E-state index is 0.339. The Hall–Kier alpha value is -0.610. The highest BCUT2D eigenvalue weighted by atomic mass is 16.5. The average molecular weight is 119 g/mol. The summed E-state index contributed by atoms with van der Waals surface area (Å²) in [6, 6.07) is 0. The van der Waals surface area contributed by atoms with Crippen LogP contribution in [-0.2, 0) is 4.79 Å². The van der Waals surface area contributed by atoms with Crippen LogP contribution in [0.1, 0.15) is 12.8 Å². The van der Waals surface area contributed by atoms with Gasteiger partial charge in [0.05, 0.1) is 6.54 Å². The molecule has 0 unspecified atom stereocenters. The van der Waals surface area contributed by atoms with Crippen LogP contribution in [0, 0.1) is 0 Å². The molecule has 0 rings (SSSR count). The van der Waals surface area contributed by atoms with E-state index >= 15 is 0 Å². The molecular weight excluding hydrogens is 108 g/mol. The Morgan fingerprint density at radius 2 is 2.38 bits per heavy atom. The van der Waals surface area contributed by atoms with Crippen LogP contribution in [0.5, 0.6) is 0 Å². The average Bonchev–Trinajstić information content (AvgIpc) is 1.83. The lowest BCUT2D eigenvalue weighted by Crippen LogP contribution is -2.50. The number of rotatable bonds is 3. The van der Waals surface area contributed by atoms with Crippen molar-refractivity contribution in [1.29, 1.82) is 0 Å². The van der Waals surface area contributed by atoms with Crippen molar-refractivity contribution in [2.24, 2.45) is 0 Å². The summed E-state index contributed by atoms with van der Waals surface area (Å²) in [5.41, 5.74) is 5.06. The zero-order valence-corrected chi connectivity index (χ0v) is 4.68. The smallest absolute Gasteiger partial charge is 0.243 e. The molecule has 1 amide bonds. The minimum atomic E-state index is -0.339. The number of carbonyl (C=O) groups excluding carboxylic acids is 1. The third-order valence-electron chi connectivity index (χ3n) is 0.779. The summed E-state index contributed by atoms with van der Waals surface area (Å²) in [5.74, 6) is -0.339. The van der Waals surface area contributed by atoms with Gasteiger partial charge in [0.2, 0.25) is 5.91 Å². The molecule has 0 aliphatic heterocycles. The van der Waals surface area contributed by atoms with E-state index in [0.717, 1.165) is 13.0 Å². The van der Waals surface area contributed by atoms with Gasteiger partial charge in [-0.25, -0.2) is 5.48 Å². The molecule has 0 aromatic rings. The van der Waals surface area contributed by atoms with Crippen molar-refractivity contribution in [3.63, 3.8) is 0 Å². The molecule has 0 fully saturated rings. The van der Waals surface area contributed by atoms with Crippen LogP contribution in [-0.4, -0.2) is 17.7 Å². The van der Waals surface area contributed by atoms with E-state index in [0.29, 0.717) is 6.42 Å². The molecule has 4 heteroatoms. The highest BCUT2D eigenvalue weighted by Crippen LogP contribution is 1.81. The fourth-order valence-electron chi connectivity index (χ4n) is 0.341. The number of quaternary nitrogens is 1. The van der Waals surface area contributed by atoms with Crippen molar-refractivity contribution in [1.82, 2.24) is 5.48 Å². The van der Waals surface area contributed by atoms with E-state index in [1.807, 2.05) is 0 Å². The Morgan fingerprint density at radius 1 is 1.75 bits per heavy atom. The molecule has 0 heterocycles. The molecule has 0 saturated carbocycles. The Kier molecular flexibility index (Phi) is 4.20. The Morgan fingerprint density at radius 3 is 2.75 bits per heavy atom. The first-order chi connectivity index (χ1) is 3.81. The number of hydroxylamine groups is 1. The maximum Gasteiger partial charge on any atom is 0.243 e. The number of hydrogen-bond acceptors (Lipinski definition) is 2. The minimum Gasteiger partial charge on any atom is -0.358 e. The SMILES string of the molecule is [NH3+]CCCC(=O)NO. The first kappa shape index (κ1) is 7.39. The van der Waals surface area contributed by atoms with Crippen molar-refractivity contribution < 1.29 is 15.7 Å². The summed E-state index contributed by atoms with van der Waals surface area (Å²) in [6.45, 7) is 0.730. The van der Waals surface area contributed by atoms with Gasteiger partial charge < -0.3 is 5.73 Å². The van der Waals surface area contributed by atoms with Crippen LogP contribution in [0.15, 0.2) is 0 Å². The zero-order chi connectivity index (χ0) is 6.41. The van der Waals surface area contributed by atoms with Crippen LogP contribution in [0.4, 0.5) is 0 Å². The molecule has 0 spiro atoms. The van der Waals surface area contributed by atoms with Gasteiger partial charge >= 0.3 is 0 Å². The number of amides is 1. The van der Waals surface area contributed by atoms with Crippen LogP contribution >= 0.6 is 0 Å². The van der Waals surface area contributed by atoms with Gasteiger partial charge in [-0.05, 0) is 0 Å². The van der Waals surface area contributed by atoms with Crippen LogP contribution < -0.4 is 11.2 Å². The first-order valence-corrected chi connectivity index (χ1v) is 2.53. The molecule has 0 atom stereocenters. The molecule has 4 nitrogen and oxygen atoms in total. The third kappa shape index (κ3) is 3.58. The molecule has 0 radical (unpaired) electrons. The number of hydrogen-bond donors (Lipinski definition) is 3. The molecule has 48 valence electrons. The van der Waals surface area contributed by atoms with Crippen molar-refractivity contribution in [3.8, 4) is 0 Å². The van der Waals surface area contributed by atoms with Gasteiger partial charge in [0.25, 0.3) is 0 Å². The van der Waals surface area contributed by atoms with Crippen LogP contribution in [0.25, 0.3) is 0 Å². The van der Waals surface area contributed by atoms with E-state index in [2.05, 4.69) is 5.73 Å². The maximum absolute atomic E-state index is 10.2. The summed E-state index contributed by atoms with van der Waals surface area (Å²) in [6.07, 6.45) is 1.09. The second-order valence-electron chi connectivity index (χ2n) is 1.49. The topological polar surface area (TPSA) is 77.0 Å². The standard InChI is InChI=1S/C4H10N2O2/c5-3-1-2-4(7)6-8/h8H,1-3,5H2,(H,6,7)/p+1. The number of nitrogens with one attached hydrogen (secondary N) is 1. The van der Waals surface area contributed by atoms with Crippen molar-refractivity contribution in [2.75, 3.05) is 6.54 Å². The highest BCUT2D eigenvalue weighted by molar-refractivity contribution is 5.74. The predicted octanol–water partition coefficient (Wildman–Crippen LogP) is -1.49. The molecular formula is C4H11N2O2+. The van der Waals surface area contributed by atoms with E-state index in [4.69, 9.17) is 5.21 Å². The van der Waals surface area contributed by atoms with Crippen molar-refractivity contribution in [3.05, 3.63) is 0 Å². The van der Waals surface area contributed by atoms with Gasteiger partial charge in [-0.3, -0.25) is 10.0 Å². The van der Waals surface area contributed by atoms with Crippen molar-refractivity contribution >= 4 is 5.91 Å². The monoisotopic (exact) mass is 119 g/mol. The lowest BCUT2D eigenvalue weighted by molar-refractivity contribution is -0.368. The lowest BCUT2D eigenvalue weighted by Gasteiger charge is -1.91. The Bertz CT molecular complexity index is 74.4. The summed E-state index contributed by atoms with van der Waals surface area (Å²) in [4.78, 5) is 10.2. The summed E-state index contributed by atoms with van der Waals surface area (Å²) in [5, 5.41) is 7.94. The van der Waals surface area contributed by atoms with Crippen molar-refractivity contribution in [2.45, 2.75) is 12.8 Å². The summed E-state index contributed by atoms with van der Waals surface area (Å²) in [7, 11) is 0. The molecule has 0 aliphatic rings. The molecule has 0 aromatic carbocycles. The third-order valence-corrected chi connectivity index (χ3v) is 0.779. The van der Waals surface area contributed by atoms with E-state index in [9.17, 15) is 4.79 Å². The molecule has 8 heavy (non-hydrogen) atoms. The van der Waals surface area contributed by atoms with Crippen LogP contribution in [0.3, 0.4) is 0 Å². The predicted molar refractivity (Wildman–Crippen MR) is 26.9 cm³/mol. The van der Waals surface area contributed by atoms with E-state index in [1.165, 1.54) is 5.48 Å². The van der Waals surface area contributed by atoms with Gasteiger partial charge in [0, 0.05) is 12.8 Å². The van der Waals surface area contributed by atoms with Gasteiger partial charge in [-0.1, -0.05) is 0 Å². The second-order valence-corrected chi connectivity index (χ2v) is 1.49. The quantitative estimate of drug-likeness (QED) is 0.313. The Balaban J connectivity index is 2.99. The molecule has 5 N–H and O–H groups in total. The van der Waals surface area contributed by atoms with E-state index in [1.54, 1.807) is 0 Å². The second kappa shape index (κ2) is 4.55. The highest BCUT2D eigenvalue weighted by Gasteiger charge is 1.95. The van der Waals surface area contributed by atoms with Gasteiger partial charge in [0.15, 0.2) is 0 Å². The zero-order valence-electron chi connectivity index (χ0n) is 4.68. The summed E-state index contributed by atoms with van der Waals surface area (Å²) >= 11 is 0. The lowest BCUT2D eigenvalue weighted by atomic mass is 10.3. The molecule has 0 saturated heterocycles. The molecule has 0 aliphatic carbocycles. The largest absolute Gasteiger partial charge is 0.358 e. The molecule has 0 bridgehead atoms. The maximum atomic E-state index is 10.2. The van der Waals surface area contributed by atoms with Crippen LogP contribution in [0.2, 0.25) is 0 Å². The number of carbonyl (C=O) groups is 1. The fourth-order valence-corrected chi connectivity index (χ4v) is 0.341. The molecule has 0 aromatic heterocycles.